The summed E-state index contributed by atoms with van der Waals surface area (Å²) in [5.41, 5.74) is 2.50. The largest absolute Gasteiger partial charge is 0.478 e. The van der Waals surface area contributed by atoms with E-state index in [1.54, 1.807) is 0 Å². The zero-order valence-corrected chi connectivity index (χ0v) is 10.00. The Hall–Kier alpha value is -2.63. The fraction of sp³-hybridized carbons (Fsp3) is 0.154. The molecule has 2 rings (SSSR count). The number of carbonyl (C=O) groups excluding carboxylic acids is 1. The molecular weight excluding hydrogens is 248 g/mol. The van der Waals surface area contributed by atoms with Gasteiger partial charge in [-0.15, -0.1) is 0 Å². The number of carboxylic acids is 1. The summed E-state index contributed by atoms with van der Waals surface area (Å²) < 4.78 is 5.18. The van der Waals surface area contributed by atoms with E-state index in [1.165, 1.54) is 6.39 Å². The molecule has 0 bridgehead atoms. The molecule has 0 atom stereocenters. The van der Waals surface area contributed by atoms with Crippen LogP contribution in [0.5, 0.6) is 0 Å². The quantitative estimate of drug-likeness (QED) is 0.786. The smallest absolute Gasteiger partial charge is 0.328 e. The van der Waals surface area contributed by atoms with E-state index in [2.05, 4.69) is 10.3 Å². The van der Waals surface area contributed by atoms with Gasteiger partial charge in [-0.2, -0.15) is 0 Å². The second kappa shape index (κ2) is 5.81. The SMILES string of the molecule is O=C(O)/C=C/C(=O)NCCc1ccc2ncoc2c1. The van der Waals surface area contributed by atoms with Crippen LogP contribution in [-0.2, 0) is 16.0 Å². The highest BCUT2D eigenvalue weighted by Crippen LogP contribution is 2.14. The van der Waals surface area contributed by atoms with Gasteiger partial charge in [0.25, 0.3) is 0 Å². The molecule has 0 radical (unpaired) electrons. The number of amides is 1. The predicted molar refractivity (Wildman–Crippen MR) is 67.5 cm³/mol. The Morgan fingerprint density at radius 3 is 3.00 bits per heavy atom. The lowest BCUT2D eigenvalue weighted by Gasteiger charge is -2.02. The van der Waals surface area contributed by atoms with Gasteiger partial charge >= 0.3 is 5.97 Å². The number of nitrogens with zero attached hydrogens (tertiary/aromatic N) is 1. The van der Waals surface area contributed by atoms with Crippen LogP contribution in [0.3, 0.4) is 0 Å². The van der Waals surface area contributed by atoms with Gasteiger partial charge in [0.1, 0.15) is 5.52 Å². The number of carboxylic acid groups (broad SMARTS) is 1. The Balaban J connectivity index is 1.85. The number of hydrogen-bond acceptors (Lipinski definition) is 4. The van der Waals surface area contributed by atoms with E-state index < -0.39 is 11.9 Å². The van der Waals surface area contributed by atoms with Crippen molar-refractivity contribution in [2.24, 2.45) is 0 Å². The lowest BCUT2D eigenvalue weighted by atomic mass is 10.1. The van der Waals surface area contributed by atoms with E-state index in [-0.39, 0.29) is 0 Å². The molecule has 6 nitrogen and oxygen atoms in total. The first-order valence-corrected chi connectivity index (χ1v) is 5.66. The average molecular weight is 260 g/mol. The highest BCUT2D eigenvalue weighted by atomic mass is 16.4. The van der Waals surface area contributed by atoms with Gasteiger partial charge in [0, 0.05) is 18.7 Å². The van der Waals surface area contributed by atoms with Crippen molar-refractivity contribution in [3.8, 4) is 0 Å². The fourth-order valence-electron chi connectivity index (χ4n) is 1.59. The van der Waals surface area contributed by atoms with Crippen LogP contribution in [0.1, 0.15) is 5.56 Å². The molecule has 0 unspecified atom stereocenters. The summed E-state index contributed by atoms with van der Waals surface area (Å²) in [6.45, 7) is 0.419. The van der Waals surface area contributed by atoms with Crippen molar-refractivity contribution in [1.29, 1.82) is 0 Å². The van der Waals surface area contributed by atoms with Gasteiger partial charge in [-0.25, -0.2) is 9.78 Å². The minimum absolute atomic E-state index is 0.419. The standard InChI is InChI=1S/C13H12N2O4/c16-12(3-4-13(17)18)14-6-5-9-1-2-10-11(7-9)19-8-15-10/h1-4,7-8H,5-6H2,(H,14,16)(H,17,18)/b4-3+. The molecule has 6 heteroatoms. The third-order valence-corrected chi connectivity index (χ3v) is 2.49. The summed E-state index contributed by atoms with van der Waals surface area (Å²) in [5.74, 6) is -1.57. The topological polar surface area (TPSA) is 92.4 Å². The van der Waals surface area contributed by atoms with Crippen LogP contribution in [0, 0.1) is 0 Å². The minimum atomic E-state index is -1.15. The molecule has 0 fully saturated rings. The first-order valence-electron chi connectivity index (χ1n) is 5.66. The van der Waals surface area contributed by atoms with Crippen molar-refractivity contribution in [3.05, 3.63) is 42.3 Å². The monoisotopic (exact) mass is 260 g/mol. The van der Waals surface area contributed by atoms with Crippen LogP contribution in [-0.4, -0.2) is 28.5 Å². The zero-order valence-electron chi connectivity index (χ0n) is 10.00. The maximum Gasteiger partial charge on any atom is 0.328 e. The number of rotatable bonds is 5. The highest BCUT2D eigenvalue weighted by Gasteiger charge is 2.01. The fourth-order valence-corrected chi connectivity index (χ4v) is 1.59. The Bertz CT molecular complexity index is 630. The Labute approximate surface area is 108 Å². The lowest BCUT2D eigenvalue weighted by molar-refractivity contribution is -0.131. The van der Waals surface area contributed by atoms with Crippen LogP contribution < -0.4 is 5.32 Å². The molecule has 0 saturated carbocycles. The molecule has 1 heterocycles. The molecule has 0 spiro atoms. The van der Waals surface area contributed by atoms with Crippen LogP contribution in [0.2, 0.25) is 0 Å². The third kappa shape index (κ3) is 3.67. The van der Waals surface area contributed by atoms with Crippen LogP contribution in [0.15, 0.2) is 41.2 Å². The molecular formula is C13H12N2O4. The van der Waals surface area contributed by atoms with E-state index in [9.17, 15) is 9.59 Å². The van der Waals surface area contributed by atoms with Crippen molar-refractivity contribution < 1.29 is 19.1 Å². The van der Waals surface area contributed by atoms with E-state index in [0.717, 1.165) is 23.2 Å². The molecule has 1 aromatic heterocycles. The Morgan fingerprint density at radius 2 is 2.21 bits per heavy atom. The van der Waals surface area contributed by atoms with Crippen molar-refractivity contribution >= 4 is 23.0 Å². The number of aromatic nitrogens is 1. The van der Waals surface area contributed by atoms with E-state index in [4.69, 9.17) is 9.52 Å². The molecule has 1 aromatic carbocycles. The molecule has 98 valence electrons. The molecule has 1 amide bonds. The third-order valence-electron chi connectivity index (χ3n) is 2.49. The first kappa shape index (κ1) is 12.8. The van der Waals surface area contributed by atoms with Crippen molar-refractivity contribution in [2.45, 2.75) is 6.42 Å². The maximum atomic E-state index is 11.2. The molecule has 0 saturated heterocycles. The number of nitrogens with one attached hydrogen (secondary N) is 1. The number of fused-ring (bicyclic) bond motifs is 1. The zero-order chi connectivity index (χ0) is 13.7. The number of carbonyl (C=O) groups is 2. The molecule has 2 aromatic rings. The summed E-state index contributed by atoms with van der Waals surface area (Å²) in [5, 5.41) is 11.0. The average Bonchev–Trinajstić information content (AvgIpc) is 2.83. The summed E-state index contributed by atoms with van der Waals surface area (Å²) in [6, 6.07) is 5.62. The van der Waals surface area contributed by atoms with E-state index >= 15 is 0 Å². The number of aliphatic carboxylic acids is 1. The Kier molecular flexibility index (Phi) is 3.92. The van der Waals surface area contributed by atoms with Gasteiger partial charge in [0.05, 0.1) is 0 Å². The van der Waals surface area contributed by atoms with Crippen LogP contribution in [0.4, 0.5) is 0 Å². The van der Waals surface area contributed by atoms with Crippen molar-refractivity contribution in [2.75, 3.05) is 6.54 Å². The van der Waals surface area contributed by atoms with Gasteiger partial charge < -0.3 is 14.8 Å². The lowest BCUT2D eigenvalue weighted by Crippen LogP contribution is -2.23. The molecule has 19 heavy (non-hydrogen) atoms. The maximum absolute atomic E-state index is 11.2. The van der Waals surface area contributed by atoms with Crippen molar-refractivity contribution in [3.63, 3.8) is 0 Å². The van der Waals surface area contributed by atoms with E-state index in [0.29, 0.717) is 18.5 Å². The first-order chi connectivity index (χ1) is 9.15. The summed E-state index contributed by atoms with van der Waals surface area (Å²) in [7, 11) is 0. The second-order valence-corrected chi connectivity index (χ2v) is 3.87. The number of hydrogen-bond donors (Lipinski definition) is 2. The van der Waals surface area contributed by atoms with Gasteiger partial charge in [-0.05, 0) is 24.1 Å². The molecule has 0 aliphatic heterocycles. The van der Waals surface area contributed by atoms with Crippen LogP contribution in [0.25, 0.3) is 11.1 Å². The normalized spacial score (nSPS) is 10.9. The number of oxazole rings is 1. The van der Waals surface area contributed by atoms with Gasteiger partial charge in [-0.3, -0.25) is 4.79 Å². The Morgan fingerprint density at radius 1 is 1.37 bits per heavy atom. The number of benzene rings is 1. The minimum Gasteiger partial charge on any atom is -0.478 e. The van der Waals surface area contributed by atoms with Gasteiger partial charge in [0.15, 0.2) is 12.0 Å². The highest BCUT2D eigenvalue weighted by molar-refractivity contribution is 5.93. The molecule has 0 aliphatic rings. The molecule has 2 N–H and O–H groups in total. The predicted octanol–water partition coefficient (Wildman–Crippen LogP) is 1.13. The van der Waals surface area contributed by atoms with Crippen LogP contribution >= 0.6 is 0 Å². The molecule has 0 aliphatic carbocycles. The van der Waals surface area contributed by atoms with Gasteiger partial charge in [0.2, 0.25) is 5.91 Å². The van der Waals surface area contributed by atoms with E-state index in [1.807, 2.05) is 18.2 Å². The second-order valence-electron chi connectivity index (χ2n) is 3.87. The summed E-state index contributed by atoms with van der Waals surface area (Å²) in [6.07, 6.45) is 3.80. The summed E-state index contributed by atoms with van der Waals surface area (Å²) in [4.78, 5) is 25.4. The van der Waals surface area contributed by atoms with Crippen molar-refractivity contribution in [1.82, 2.24) is 10.3 Å². The summed E-state index contributed by atoms with van der Waals surface area (Å²) >= 11 is 0. The van der Waals surface area contributed by atoms with Gasteiger partial charge in [-0.1, -0.05) is 6.07 Å².